The second-order valence-corrected chi connectivity index (χ2v) is 3.42. The van der Waals surface area contributed by atoms with Crippen LogP contribution in [0.1, 0.15) is 18.2 Å². The average Bonchev–Trinajstić information content (AvgIpc) is 2.69. The molecule has 0 aliphatic heterocycles. The van der Waals surface area contributed by atoms with Crippen molar-refractivity contribution in [2.45, 2.75) is 20.3 Å². The van der Waals surface area contributed by atoms with E-state index in [1.807, 2.05) is 26.0 Å². The van der Waals surface area contributed by atoms with Crippen LogP contribution < -0.4 is 5.56 Å². The molecule has 0 atom stereocenters. The fraction of sp³-hybridized carbons (Fsp3) is 0.273. The van der Waals surface area contributed by atoms with Gasteiger partial charge in [0.25, 0.3) is 5.56 Å². The van der Waals surface area contributed by atoms with Gasteiger partial charge in [-0.2, -0.15) is 0 Å². The molecular formula is C11H13N3O. The fourth-order valence-electron chi connectivity index (χ4n) is 1.63. The van der Waals surface area contributed by atoms with Crippen LogP contribution in [0.3, 0.4) is 0 Å². The van der Waals surface area contributed by atoms with E-state index in [-0.39, 0.29) is 5.56 Å². The summed E-state index contributed by atoms with van der Waals surface area (Å²) in [6.07, 6.45) is 2.51. The zero-order valence-corrected chi connectivity index (χ0v) is 8.79. The summed E-state index contributed by atoms with van der Waals surface area (Å²) in [7, 11) is 0. The Morgan fingerprint density at radius 2 is 2.27 bits per heavy atom. The molecule has 0 unspecified atom stereocenters. The summed E-state index contributed by atoms with van der Waals surface area (Å²) in [6, 6.07) is 3.75. The maximum atomic E-state index is 11.7. The molecule has 15 heavy (non-hydrogen) atoms. The number of H-pyrrole nitrogens is 2. The Morgan fingerprint density at radius 3 is 2.80 bits per heavy atom. The molecular weight excluding hydrogens is 190 g/mol. The molecule has 4 nitrogen and oxygen atoms in total. The van der Waals surface area contributed by atoms with E-state index in [0.29, 0.717) is 12.2 Å². The smallest absolute Gasteiger partial charge is 0.254 e. The maximum absolute atomic E-state index is 11.7. The van der Waals surface area contributed by atoms with Crippen molar-refractivity contribution in [1.82, 2.24) is 15.0 Å². The summed E-state index contributed by atoms with van der Waals surface area (Å²) in [5, 5.41) is 0. The van der Waals surface area contributed by atoms with Gasteiger partial charge in [-0.1, -0.05) is 6.92 Å². The molecule has 0 radical (unpaired) electrons. The Labute approximate surface area is 87.4 Å². The van der Waals surface area contributed by atoms with Gasteiger partial charge in [-0.05, 0) is 25.5 Å². The van der Waals surface area contributed by atoms with Crippen LogP contribution >= 0.6 is 0 Å². The standard InChI is InChI=1S/C11H13N3O/c1-3-8-7(2)13-10(14-11(8)15)9-5-4-6-12-9/h4-6,12H,3H2,1-2H3,(H,13,14,15). The largest absolute Gasteiger partial charge is 0.359 e. The van der Waals surface area contributed by atoms with Crippen molar-refractivity contribution in [3.8, 4) is 11.5 Å². The van der Waals surface area contributed by atoms with Gasteiger partial charge in [-0.3, -0.25) is 4.79 Å². The van der Waals surface area contributed by atoms with Crippen LogP contribution in [-0.2, 0) is 6.42 Å². The molecule has 0 amide bonds. The van der Waals surface area contributed by atoms with E-state index in [1.165, 1.54) is 0 Å². The summed E-state index contributed by atoms with van der Waals surface area (Å²) in [4.78, 5) is 21.8. The third-order valence-corrected chi connectivity index (χ3v) is 2.43. The summed E-state index contributed by atoms with van der Waals surface area (Å²) >= 11 is 0. The number of nitrogens with zero attached hydrogens (tertiary/aromatic N) is 1. The van der Waals surface area contributed by atoms with Crippen molar-refractivity contribution >= 4 is 0 Å². The zero-order valence-electron chi connectivity index (χ0n) is 8.79. The normalized spacial score (nSPS) is 10.5. The van der Waals surface area contributed by atoms with E-state index in [2.05, 4.69) is 15.0 Å². The quantitative estimate of drug-likeness (QED) is 0.779. The van der Waals surface area contributed by atoms with E-state index in [9.17, 15) is 4.79 Å². The Kier molecular flexibility index (Phi) is 2.41. The molecule has 2 rings (SSSR count). The molecule has 0 saturated heterocycles. The molecule has 2 aromatic rings. The number of aryl methyl sites for hydroxylation is 1. The first-order valence-corrected chi connectivity index (χ1v) is 4.96. The molecule has 0 aliphatic rings. The first kappa shape index (κ1) is 9.71. The molecule has 0 aliphatic carbocycles. The highest BCUT2D eigenvalue weighted by atomic mass is 16.1. The van der Waals surface area contributed by atoms with Crippen molar-refractivity contribution in [3.05, 3.63) is 39.9 Å². The molecule has 0 aromatic carbocycles. The van der Waals surface area contributed by atoms with E-state index in [1.54, 1.807) is 6.20 Å². The van der Waals surface area contributed by atoms with Gasteiger partial charge in [0, 0.05) is 17.5 Å². The van der Waals surface area contributed by atoms with Crippen LogP contribution in [-0.4, -0.2) is 15.0 Å². The van der Waals surface area contributed by atoms with Crippen LogP contribution in [0, 0.1) is 6.92 Å². The number of rotatable bonds is 2. The van der Waals surface area contributed by atoms with E-state index >= 15 is 0 Å². The van der Waals surface area contributed by atoms with Crippen molar-refractivity contribution in [3.63, 3.8) is 0 Å². The number of aromatic nitrogens is 3. The zero-order chi connectivity index (χ0) is 10.8. The summed E-state index contributed by atoms with van der Waals surface area (Å²) < 4.78 is 0. The second kappa shape index (κ2) is 3.73. The molecule has 2 heterocycles. The van der Waals surface area contributed by atoms with E-state index < -0.39 is 0 Å². The van der Waals surface area contributed by atoms with E-state index in [0.717, 1.165) is 17.0 Å². The predicted octanol–water partition coefficient (Wildman–Crippen LogP) is 1.64. The Balaban J connectivity index is 2.58. The molecule has 0 fully saturated rings. The monoisotopic (exact) mass is 203 g/mol. The van der Waals surface area contributed by atoms with Gasteiger partial charge in [0.05, 0.1) is 5.69 Å². The Bertz CT molecular complexity index is 511. The lowest BCUT2D eigenvalue weighted by molar-refractivity contribution is 0.963. The summed E-state index contributed by atoms with van der Waals surface area (Å²) in [5.41, 5.74) is 2.34. The fourth-order valence-corrected chi connectivity index (χ4v) is 1.63. The number of aromatic amines is 2. The van der Waals surface area contributed by atoms with Crippen LogP contribution in [0.2, 0.25) is 0 Å². The van der Waals surface area contributed by atoms with Crippen LogP contribution in [0.5, 0.6) is 0 Å². The van der Waals surface area contributed by atoms with Crippen molar-refractivity contribution in [2.24, 2.45) is 0 Å². The minimum atomic E-state index is -0.0467. The first-order chi connectivity index (χ1) is 7.22. The molecule has 78 valence electrons. The number of hydrogen-bond acceptors (Lipinski definition) is 2. The van der Waals surface area contributed by atoms with Crippen molar-refractivity contribution in [2.75, 3.05) is 0 Å². The summed E-state index contributed by atoms with van der Waals surface area (Å²) in [6.45, 7) is 3.81. The van der Waals surface area contributed by atoms with Crippen LogP contribution in [0.4, 0.5) is 0 Å². The lowest BCUT2D eigenvalue weighted by Crippen LogP contribution is -2.16. The van der Waals surface area contributed by atoms with Gasteiger partial charge in [-0.25, -0.2) is 4.98 Å². The van der Waals surface area contributed by atoms with Gasteiger partial charge in [-0.15, -0.1) is 0 Å². The Hall–Kier alpha value is -1.84. The van der Waals surface area contributed by atoms with Crippen LogP contribution in [0.25, 0.3) is 11.5 Å². The minimum absolute atomic E-state index is 0.0467. The van der Waals surface area contributed by atoms with Gasteiger partial charge in [0.1, 0.15) is 0 Å². The number of nitrogens with one attached hydrogen (secondary N) is 2. The highest BCUT2D eigenvalue weighted by Gasteiger charge is 2.07. The molecule has 0 saturated carbocycles. The highest BCUT2D eigenvalue weighted by molar-refractivity contribution is 5.49. The van der Waals surface area contributed by atoms with Crippen LogP contribution in [0.15, 0.2) is 23.1 Å². The molecule has 4 heteroatoms. The third kappa shape index (κ3) is 1.70. The third-order valence-electron chi connectivity index (χ3n) is 2.43. The Morgan fingerprint density at radius 1 is 1.47 bits per heavy atom. The molecule has 0 spiro atoms. The number of hydrogen-bond donors (Lipinski definition) is 2. The molecule has 2 aromatic heterocycles. The molecule has 0 bridgehead atoms. The van der Waals surface area contributed by atoms with Crippen molar-refractivity contribution < 1.29 is 0 Å². The lowest BCUT2D eigenvalue weighted by atomic mass is 10.2. The highest BCUT2D eigenvalue weighted by Crippen LogP contribution is 2.11. The second-order valence-electron chi connectivity index (χ2n) is 3.42. The molecule has 2 N–H and O–H groups in total. The maximum Gasteiger partial charge on any atom is 0.254 e. The van der Waals surface area contributed by atoms with Gasteiger partial charge < -0.3 is 9.97 Å². The van der Waals surface area contributed by atoms with E-state index in [4.69, 9.17) is 0 Å². The SMILES string of the molecule is CCc1c(C)nc(-c2ccc[nH]2)[nH]c1=O. The summed E-state index contributed by atoms with van der Waals surface area (Å²) in [5.74, 6) is 0.597. The minimum Gasteiger partial charge on any atom is -0.359 e. The lowest BCUT2D eigenvalue weighted by Gasteiger charge is -2.03. The van der Waals surface area contributed by atoms with Crippen molar-refractivity contribution in [1.29, 1.82) is 0 Å². The van der Waals surface area contributed by atoms with Gasteiger partial charge in [0.2, 0.25) is 0 Å². The first-order valence-electron chi connectivity index (χ1n) is 4.96. The predicted molar refractivity (Wildman–Crippen MR) is 58.8 cm³/mol. The van der Waals surface area contributed by atoms with Gasteiger partial charge in [0.15, 0.2) is 5.82 Å². The topological polar surface area (TPSA) is 61.5 Å². The average molecular weight is 203 g/mol. The van der Waals surface area contributed by atoms with Gasteiger partial charge >= 0.3 is 0 Å².